The second kappa shape index (κ2) is 6.05. The highest BCUT2D eigenvalue weighted by atomic mass is 19.4. The van der Waals surface area contributed by atoms with Crippen molar-refractivity contribution >= 4 is 23.5 Å². The molecule has 2 N–H and O–H groups in total. The number of aryl methyl sites for hydroxylation is 1. The number of carboxylic acid groups (broad SMARTS) is 1. The second-order valence-electron chi connectivity index (χ2n) is 6.22. The molecule has 1 fully saturated rings. The molecule has 1 aromatic rings. The van der Waals surface area contributed by atoms with E-state index in [1.54, 1.807) is 0 Å². The fourth-order valence-corrected chi connectivity index (χ4v) is 3.25. The molecule has 1 aromatic carbocycles. The summed E-state index contributed by atoms with van der Waals surface area (Å²) in [5.74, 6) is -6.08. The number of nitrogens with zero attached hydrogens (tertiary/aromatic N) is 1. The van der Waals surface area contributed by atoms with E-state index in [4.69, 9.17) is 5.11 Å². The van der Waals surface area contributed by atoms with Crippen LogP contribution in [0.4, 0.5) is 18.9 Å². The Morgan fingerprint density at radius 1 is 1.20 bits per heavy atom. The van der Waals surface area contributed by atoms with Gasteiger partial charge in [-0.05, 0) is 30.2 Å². The second-order valence-corrected chi connectivity index (χ2v) is 6.22. The van der Waals surface area contributed by atoms with Crippen LogP contribution in [0.25, 0.3) is 0 Å². The average molecular weight is 356 g/mol. The van der Waals surface area contributed by atoms with Crippen LogP contribution >= 0.6 is 0 Å². The highest BCUT2D eigenvalue weighted by molar-refractivity contribution is 5.98. The van der Waals surface area contributed by atoms with Crippen molar-refractivity contribution < 1.29 is 32.7 Å². The average Bonchev–Trinajstić information content (AvgIpc) is 2.99. The summed E-state index contributed by atoms with van der Waals surface area (Å²) in [4.78, 5) is 35.9. The number of carbonyl (C=O) groups is 3. The monoisotopic (exact) mass is 356 g/mol. The molecule has 0 unspecified atom stereocenters. The number of benzene rings is 1. The van der Waals surface area contributed by atoms with E-state index < -0.39 is 43.0 Å². The lowest BCUT2D eigenvalue weighted by Crippen LogP contribution is -2.34. The third-order valence-corrected chi connectivity index (χ3v) is 4.59. The molecule has 2 heterocycles. The number of likely N-dealkylation sites (tertiary alicyclic amines) is 1. The number of carbonyl (C=O) groups excluding carboxylic acids is 2. The number of halogens is 3. The Balaban J connectivity index is 1.82. The van der Waals surface area contributed by atoms with Crippen molar-refractivity contribution in [2.75, 3.05) is 18.4 Å². The fraction of sp³-hybridized carbons (Fsp3) is 0.438. The summed E-state index contributed by atoms with van der Waals surface area (Å²) >= 11 is 0. The van der Waals surface area contributed by atoms with Gasteiger partial charge in [0.25, 0.3) is 5.91 Å². The number of aliphatic carboxylic acids is 1. The molecule has 0 aliphatic carbocycles. The SMILES string of the molecule is O=C1CCc2cc(C(=O)N3C[C@@H](C(F)(F)F)[C@H](C(=O)O)C3)ccc2N1. The first kappa shape index (κ1) is 17.2. The molecule has 9 heteroatoms. The van der Waals surface area contributed by atoms with Gasteiger partial charge in [-0.25, -0.2) is 0 Å². The molecule has 2 amide bonds. The van der Waals surface area contributed by atoms with E-state index in [2.05, 4.69) is 5.32 Å². The molecule has 0 saturated carbocycles. The van der Waals surface area contributed by atoms with E-state index >= 15 is 0 Å². The molecule has 0 bridgehead atoms. The van der Waals surface area contributed by atoms with Crippen molar-refractivity contribution in [1.29, 1.82) is 0 Å². The molecule has 0 radical (unpaired) electrons. The zero-order valence-electron chi connectivity index (χ0n) is 13.0. The van der Waals surface area contributed by atoms with Gasteiger partial charge in [-0.1, -0.05) is 0 Å². The van der Waals surface area contributed by atoms with Gasteiger partial charge in [0.15, 0.2) is 0 Å². The van der Waals surface area contributed by atoms with Crippen molar-refractivity contribution in [3.63, 3.8) is 0 Å². The lowest BCUT2D eigenvalue weighted by atomic mass is 9.96. The molecule has 6 nitrogen and oxygen atoms in total. The van der Waals surface area contributed by atoms with Crippen molar-refractivity contribution in [2.45, 2.75) is 19.0 Å². The smallest absolute Gasteiger partial charge is 0.394 e. The number of amides is 2. The highest BCUT2D eigenvalue weighted by Crippen LogP contribution is 2.38. The first-order valence-electron chi connectivity index (χ1n) is 7.68. The van der Waals surface area contributed by atoms with Crippen LogP contribution in [0.1, 0.15) is 22.3 Å². The van der Waals surface area contributed by atoms with E-state index in [-0.39, 0.29) is 17.9 Å². The molecule has 0 aromatic heterocycles. The topological polar surface area (TPSA) is 86.7 Å². The summed E-state index contributed by atoms with van der Waals surface area (Å²) in [5, 5.41) is 11.7. The molecule has 25 heavy (non-hydrogen) atoms. The van der Waals surface area contributed by atoms with Crippen LogP contribution in [0.5, 0.6) is 0 Å². The van der Waals surface area contributed by atoms with Gasteiger partial charge < -0.3 is 15.3 Å². The predicted octanol–water partition coefficient (Wildman–Crippen LogP) is 1.91. The van der Waals surface area contributed by atoms with Crippen molar-refractivity contribution in [3.8, 4) is 0 Å². The summed E-state index contributed by atoms with van der Waals surface area (Å²) in [6.07, 6.45) is -3.98. The molecule has 134 valence electrons. The Kier molecular flexibility index (Phi) is 4.18. The summed E-state index contributed by atoms with van der Waals surface area (Å²) < 4.78 is 39.1. The van der Waals surface area contributed by atoms with Crippen LogP contribution in [0.2, 0.25) is 0 Å². The molecule has 2 atom stereocenters. The van der Waals surface area contributed by atoms with Gasteiger partial charge in [-0.3, -0.25) is 14.4 Å². The Hall–Kier alpha value is -2.58. The number of hydrogen-bond donors (Lipinski definition) is 2. The van der Waals surface area contributed by atoms with Crippen molar-refractivity contribution in [3.05, 3.63) is 29.3 Å². The quantitative estimate of drug-likeness (QED) is 0.848. The van der Waals surface area contributed by atoms with Gasteiger partial charge in [-0.2, -0.15) is 13.2 Å². The molecule has 2 aliphatic heterocycles. The number of anilines is 1. The maximum absolute atomic E-state index is 13.0. The van der Waals surface area contributed by atoms with Crippen molar-refractivity contribution in [2.24, 2.45) is 11.8 Å². The minimum atomic E-state index is -4.68. The fourth-order valence-electron chi connectivity index (χ4n) is 3.25. The third-order valence-electron chi connectivity index (χ3n) is 4.59. The number of hydrogen-bond acceptors (Lipinski definition) is 3. The molecular weight excluding hydrogens is 341 g/mol. The normalized spacial score (nSPS) is 23.2. The van der Waals surface area contributed by atoms with Gasteiger partial charge in [0.1, 0.15) is 0 Å². The summed E-state index contributed by atoms with van der Waals surface area (Å²) in [7, 11) is 0. The van der Waals surface area contributed by atoms with Gasteiger partial charge in [-0.15, -0.1) is 0 Å². The van der Waals surface area contributed by atoms with Gasteiger partial charge in [0, 0.05) is 30.8 Å². The zero-order valence-corrected chi connectivity index (χ0v) is 13.0. The minimum absolute atomic E-state index is 0.136. The molecule has 3 rings (SSSR count). The highest BCUT2D eigenvalue weighted by Gasteiger charge is 2.53. The Labute approximate surface area is 140 Å². The number of fused-ring (bicyclic) bond motifs is 1. The number of rotatable bonds is 2. The largest absolute Gasteiger partial charge is 0.481 e. The first-order valence-corrected chi connectivity index (χ1v) is 7.68. The van der Waals surface area contributed by atoms with Gasteiger partial charge in [0.2, 0.25) is 5.91 Å². The molecule has 0 spiro atoms. The third kappa shape index (κ3) is 3.31. The summed E-state index contributed by atoms with van der Waals surface area (Å²) in [6, 6.07) is 4.49. The van der Waals surface area contributed by atoms with Gasteiger partial charge in [0.05, 0.1) is 11.8 Å². The maximum Gasteiger partial charge on any atom is 0.394 e. The molecule has 1 saturated heterocycles. The Morgan fingerprint density at radius 3 is 2.52 bits per heavy atom. The number of alkyl halides is 3. The van der Waals surface area contributed by atoms with E-state index in [1.807, 2.05) is 0 Å². The maximum atomic E-state index is 13.0. The van der Waals surface area contributed by atoms with Crippen LogP contribution in [-0.2, 0) is 16.0 Å². The first-order chi connectivity index (χ1) is 11.7. The summed E-state index contributed by atoms with van der Waals surface area (Å²) in [5.41, 5.74) is 1.49. The standard InChI is InChI=1S/C16H15F3N2O4/c17-16(18,19)11-7-21(6-10(11)15(24)25)14(23)9-1-3-12-8(5-9)2-4-13(22)20-12/h1,3,5,10-11H,2,4,6-7H2,(H,20,22)(H,24,25)/t10-,11-/m1/s1. The van der Waals surface area contributed by atoms with Crippen LogP contribution in [0, 0.1) is 11.8 Å². The van der Waals surface area contributed by atoms with E-state index in [9.17, 15) is 27.6 Å². The van der Waals surface area contributed by atoms with Crippen LogP contribution < -0.4 is 5.32 Å². The predicted molar refractivity (Wildman–Crippen MR) is 80.0 cm³/mol. The Bertz CT molecular complexity index is 747. The zero-order chi connectivity index (χ0) is 18.4. The van der Waals surface area contributed by atoms with E-state index in [0.717, 1.165) is 10.5 Å². The van der Waals surface area contributed by atoms with Crippen molar-refractivity contribution in [1.82, 2.24) is 4.90 Å². The Morgan fingerprint density at radius 2 is 1.92 bits per heavy atom. The van der Waals surface area contributed by atoms with E-state index in [1.165, 1.54) is 18.2 Å². The lowest BCUT2D eigenvalue weighted by molar-refractivity contribution is -0.187. The number of nitrogens with one attached hydrogen (secondary N) is 1. The van der Waals surface area contributed by atoms with E-state index in [0.29, 0.717) is 12.1 Å². The molecular formula is C16H15F3N2O4. The molecule has 2 aliphatic rings. The summed E-state index contributed by atoms with van der Waals surface area (Å²) in [6.45, 7) is -1.15. The van der Waals surface area contributed by atoms with Crippen LogP contribution in [0.3, 0.4) is 0 Å². The van der Waals surface area contributed by atoms with Gasteiger partial charge >= 0.3 is 12.1 Å². The number of carboxylic acids is 1. The minimum Gasteiger partial charge on any atom is -0.481 e. The van der Waals surface area contributed by atoms with Crippen LogP contribution in [0.15, 0.2) is 18.2 Å². The lowest BCUT2D eigenvalue weighted by Gasteiger charge is -2.20. The van der Waals surface area contributed by atoms with Crippen LogP contribution in [-0.4, -0.2) is 47.1 Å².